The van der Waals surface area contributed by atoms with Crippen molar-refractivity contribution >= 4 is 45.0 Å². The molecule has 0 atom stereocenters. The first-order valence-electron chi connectivity index (χ1n) is 7.67. The van der Waals surface area contributed by atoms with Gasteiger partial charge in [-0.3, -0.25) is 9.59 Å². The number of aryl methyl sites for hydroxylation is 1. The average Bonchev–Trinajstić information content (AvgIpc) is 2.59. The zero-order valence-electron chi connectivity index (χ0n) is 13.1. The Balaban J connectivity index is 2.07. The van der Waals surface area contributed by atoms with E-state index in [0.29, 0.717) is 23.0 Å². The largest absolute Gasteiger partial charge is 0.321 e. The lowest BCUT2D eigenvalue weighted by molar-refractivity contribution is 0.102. The van der Waals surface area contributed by atoms with Gasteiger partial charge in [0.1, 0.15) is 0 Å². The SMILES string of the molecule is CCCn1nc(C(=O)Nc2ccc(I)cc2)c2ccccc2c1=O. The molecule has 24 heavy (non-hydrogen) atoms. The minimum atomic E-state index is -0.322. The number of halogens is 1. The molecule has 0 unspecified atom stereocenters. The quantitative estimate of drug-likeness (QED) is 0.639. The maximum atomic E-state index is 12.7. The van der Waals surface area contributed by atoms with Crippen LogP contribution in [0.4, 0.5) is 5.69 Å². The van der Waals surface area contributed by atoms with E-state index in [1.807, 2.05) is 31.2 Å². The summed E-state index contributed by atoms with van der Waals surface area (Å²) in [4.78, 5) is 25.1. The Labute approximate surface area is 152 Å². The molecule has 3 rings (SSSR count). The number of rotatable bonds is 4. The summed E-state index contributed by atoms with van der Waals surface area (Å²) < 4.78 is 2.45. The number of carbonyl (C=O) groups is 1. The summed E-state index contributed by atoms with van der Waals surface area (Å²) >= 11 is 2.21. The molecule has 0 aliphatic carbocycles. The molecule has 0 aliphatic rings. The maximum absolute atomic E-state index is 12.7. The smallest absolute Gasteiger partial charge is 0.276 e. The Bertz CT molecular complexity index is 949. The second kappa shape index (κ2) is 7.12. The van der Waals surface area contributed by atoms with E-state index in [1.54, 1.807) is 24.3 Å². The summed E-state index contributed by atoms with van der Waals surface area (Å²) in [5, 5.41) is 8.22. The number of benzene rings is 2. The highest BCUT2D eigenvalue weighted by Gasteiger charge is 2.16. The zero-order valence-corrected chi connectivity index (χ0v) is 15.3. The minimum absolute atomic E-state index is 0.168. The fourth-order valence-electron chi connectivity index (χ4n) is 2.49. The molecule has 0 spiro atoms. The Kier molecular flexibility index (Phi) is 4.94. The lowest BCUT2D eigenvalue weighted by atomic mass is 10.1. The van der Waals surface area contributed by atoms with Crippen LogP contribution in [0.1, 0.15) is 23.8 Å². The van der Waals surface area contributed by atoms with Crippen LogP contribution in [0.25, 0.3) is 10.8 Å². The van der Waals surface area contributed by atoms with Crippen molar-refractivity contribution in [2.45, 2.75) is 19.9 Å². The van der Waals surface area contributed by atoms with E-state index in [2.05, 4.69) is 33.0 Å². The molecule has 0 saturated carbocycles. The maximum Gasteiger partial charge on any atom is 0.276 e. The van der Waals surface area contributed by atoms with E-state index in [0.717, 1.165) is 9.99 Å². The average molecular weight is 433 g/mol. The molecule has 122 valence electrons. The summed E-state index contributed by atoms with van der Waals surface area (Å²) in [5.74, 6) is -0.322. The standard InChI is InChI=1S/C18H16IN3O2/c1-2-11-22-18(24)15-6-4-3-5-14(15)16(21-22)17(23)20-13-9-7-12(19)8-10-13/h3-10H,2,11H2,1H3,(H,20,23). The number of anilines is 1. The van der Waals surface area contributed by atoms with Gasteiger partial charge in [-0.15, -0.1) is 0 Å². The predicted octanol–water partition coefficient (Wildman–Crippen LogP) is 3.66. The number of nitrogens with one attached hydrogen (secondary N) is 1. The third-order valence-corrected chi connectivity index (χ3v) is 4.34. The van der Waals surface area contributed by atoms with Crippen molar-refractivity contribution in [1.82, 2.24) is 9.78 Å². The number of aromatic nitrogens is 2. The number of carbonyl (C=O) groups excluding carboxylic acids is 1. The fourth-order valence-corrected chi connectivity index (χ4v) is 2.85. The molecule has 1 N–H and O–H groups in total. The van der Waals surface area contributed by atoms with Crippen molar-refractivity contribution in [1.29, 1.82) is 0 Å². The molecule has 6 heteroatoms. The lowest BCUT2D eigenvalue weighted by Crippen LogP contribution is -2.27. The van der Waals surface area contributed by atoms with Crippen molar-refractivity contribution < 1.29 is 4.79 Å². The van der Waals surface area contributed by atoms with Gasteiger partial charge in [0.05, 0.1) is 5.39 Å². The molecular weight excluding hydrogens is 417 g/mol. The third-order valence-electron chi connectivity index (χ3n) is 3.62. The van der Waals surface area contributed by atoms with Gasteiger partial charge in [0.25, 0.3) is 11.5 Å². The van der Waals surface area contributed by atoms with Crippen molar-refractivity contribution in [3.05, 3.63) is 68.1 Å². The van der Waals surface area contributed by atoms with E-state index >= 15 is 0 Å². The van der Waals surface area contributed by atoms with Crippen LogP contribution < -0.4 is 10.9 Å². The summed E-state index contributed by atoms with van der Waals surface area (Å²) in [6.07, 6.45) is 0.767. The van der Waals surface area contributed by atoms with Gasteiger partial charge in [-0.2, -0.15) is 5.10 Å². The number of hydrogen-bond acceptors (Lipinski definition) is 3. The molecule has 0 bridgehead atoms. The summed E-state index contributed by atoms with van der Waals surface area (Å²) in [7, 11) is 0. The summed E-state index contributed by atoms with van der Waals surface area (Å²) in [5.41, 5.74) is 0.787. The molecule has 5 nitrogen and oxygen atoms in total. The van der Waals surface area contributed by atoms with E-state index in [1.165, 1.54) is 4.68 Å². The van der Waals surface area contributed by atoms with Gasteiger partial charge in [-0.1, -0.05) is 25.1 Å². The van der Waals surface area contributed by atoms with E-state index < -0.39 is 0 Å². The van der Waals surface area contributed by atoms with Crippen LogP contribution in [-0.2, 0) is 6.54 Å². The molecule has 0 radical (unpaired) electrons. The highest BCUT2D eigenvalue weighted by molar-refractivity contribution is 14.1. The predicted molar refractivity (Wildman–Crippen MR) is 103 cm³/mol. The minimum Gasteiger partial charge on any atom is -0.321 e. The van der Waals surface area contributed by atoms with Gasteiger partial charge < -0.3 is 5.32 Å². The molecule has 3 aromatic rings. The topological polar surface area (TPSA) is 64.0 Å². The van der Waals surface area contributed by atoms with Gasteiger partial charge in [0.2, 0.25) is 0 Å². The van der Waals surface area contributed by atoms with Crippen LogP contribution >= 0.6 is 22.6 Å². The van der Waals surface area contributed by atoms with Gasteiger partial charge >= 0.3 is 0 Å². The molecule has 0 saturated heterocycles. The van der Waals surface area contributed by atoms with E-state index in [-0.39, 0.29) is 17.2 Å². The van der Waals surface area contributed by atoms with Gasteiger partial charge in [-0.05, 0) is 59.3 Å². The molecule has 0 fully saturated rings. The molecule has 0 aliphatic heterocycles. The highest BCUT2D eigenvalue weighted by Crippen LogP contribution is 2.16. The third kappa shape index (κ3) is 3.33. The fraction of sp³-hybridized carbons (Fsp3) is 0.167. The normalized spacial score (nSPS) is 10.8. The lowest BCUT2D eigenvalue weighted by Gasteiger charge is -2.11. The van der Waals surface area contributed by atoms with Crippen molar-refractivity contribution in [3.63, 3.8) is 0 Å². The van der Waals surface area contributed by atoms with Gasteiger partial charge in [0, 0.05) is 21.2 Å². The molecular formula is C18H16IN3O2. The van der Waals surface area contributed by atoms with Crippen LogP contribution in [0.2, 0.25) is 0 Å². The van der Waals surface area contributed by atoms with E-state index in [4.69, 9.17) is 0 Å². The van der Waals surface area contributed by atoms with Crippen LogP contribution in [0.5, 0.6) is 0 Å². The zero-order chi connectivity index (χ0) is 17.1. The summed E-state index contributed by atoms with van der Waals surface area (Å²) in [6.45, 7) is 2.45. The molecule has 2 aromatic carbocycles. The van der Waals surface area contributed by atoms with E-state index in [9.17, 15) is 9.59 Å². The number of hydrogen-bond donors (Lipinski definition) is 1. The van der Waals surface area contributed by atoms with Crippen molar-refractivity contribution in [2.75, 3.05) is 5.32 Å². The highest BCUT2D eigenvalue weighted by atomic mass is 127. The summed E-state index contributed by atoms with van der Waals surface area (Å²) in [6, 6.07) is 14.6. The van der Waals surface area contributed by atoms with Crippen molar-refractivity contribution in [2.24, 2.45) is 0 Å². The molecule has 1 amide bonds. The first kappa shape index (κ1) is 16.6. The second-order valence-electron chi connectivity index (χ2n) is 5.38. The van der Waals surface area contributed by atoms with Crippen LogP contribution in [0, 0.1) is 3.57 Å². The number of fused-ring (bicyclic) bond motifs is 1. The Morgan fingerprint density at radius 1 is 1.12 bits per heavy atom. The Hall–Kier alpha value is -2.22. The number of amides is 1. The number of nitrogens with zero attached hydrogens (tertiary/aromatic N) is 2. The second-order valence-corrected chi connectivity index (χ2v) is 6.63. The Morgan fingerprint density at radius 2 is 1.79 bits per heavy atom. The van der Waals surface area contributed by atoms with Crippen molar-refractivity contribution in [3.8, 4) is 0 Å². The molecule has 1 heterocycles. The molecule has 1 aromatic heterocycles. The Morgan fingerprint density at radius 3 is 2.46 bits per heavy atom. The monoisotopic (exact) mass is 433 g/mol. The van der Waals surface area contributed by atoms with Crippen LogP contribution in [0.3, 0.4) is 0 Å². The first-order chi connectivity index (χ1) is 11.6. The van der Waals surface area contributed by atoms with Gasteiger partial charge in [0.15, 0.2) is 5.69 Å². The van der Waals surface area contributed by atoms with Gasteiger partial charge in [-0.25, -0.2) is 4.68 Å². The first-order valence-corrected chi connectivity index (χ1v) is 8.75. The van der Waals surface area contributed by atoms with Crippen LogP contribution in [0.15, 0.2) is 53.3 Å². The van der Waals surface area contributed by atoms with Crippen LogP contribution in [-0.4, -0.2) is 15.7 Å².